The number of hydrogen-bond acceptors (Lipinski definition) is 7. The van der Waals surface area contributed by atoms with E-state index in [9.17, 15) is 23.1 Å². The number of anilines is 3. The summed E-state index contributed by atoms with van der Waals surface area (Å²) in [7, 11) is 0. The van der Waals surface area contributed by atoms with Crippen LogP contribution < -0.4 is 16.4 Å². The van der Waals surface area contributed by atoms with Crippen LogP contribution in [0.25, 0.3) is 11.2 Å². The van der Waals surface area contributed by atoms with E-state index in [1.54, 1.807) is 4.57 Å². The van der Waals surface area contributed by atoms with Gasteiger partial charge in [0.15, 0.2) is 17.3 Å². The molecule has 0 aliphatic heterocycles. The van der Waals surface area contributed by atoms with Crippen LogP contribution in [0.1, 0.15) is 51.0 Å². The van der Waals surface area contributed by atoms with Gasteiger partial charge in [-0.3, -0.25) is 9.36 Å². The standard InChI is InChI=1S/C23H26F3N7O2/c24-12-7-16(25)19(17(26)8-12)31-23-30-18-10-28-22(29-13-3-6-15(34)9-13)32-21(18)33(23)14-4-1-11(2-5-14)20(27)35/h7-8,10-11,13-15,34H,1-6,9H2,(H2,27,35)(H,30,31)(H,28,29,32)/t11?,13-,14?,15-/m1/s1. The molecule has 9 nitrogen and oxygen atoms in total. The average molecular weight is 490 g/mol. The minimum Gasteiger partial charge on any atom is -0.393 e. The molecule has 12 heteroatoms. The van der Waals surface area contributed by atoms with E-state index < -0.39 is 23.1 Å². The Balaban J connectivity index is 1.52. The Morgan fingerprint density at radius 2 is 1.77 bits per heavy atom. The molecule has 2 aromatic heterocycles. The van der Waals surface area contributed by atoms with Gasteiger partial charge in [-0.05, 0) is 44.9 Å². The van der Waals surface area contributed by atoms with Crippen molar-refractivity contribution in [1.82, 2.24) is 19.5 Å². The molecule has 2 saturated carbocycles. The molecule has 2 fully saturated rings. The lowest BCUT2D eigenvalue weighted by atomic mass is 9.85. The molecule has 2 atom stereocenters. The third-order valence-corrected chi connectivity index (χ3v) is 6.88. The fourth-order valence-corrected chi connectivity index (χ4v) is 5.06. The normalized spacial score (nSPS) is 24.6. The van der Waals surface area contributed by atoms with E-state index in [-0.39, 0.29) is 36.0 Å². The van der Waals surface area contributed by atoms with Gasteiger partial charge in [0.05, 0.1) is 12.3 Å². The summed E-state index contributed by atoms with van der Waals surface area (Å²) in [6.07, 6.45) is 5.53. The van der Waals surface area contributed by atoms with Gasteiger partial charge in [0, 0.05) is 30.1 Å². The maximum absolute atomic E-state index is 14.4. The predicted octanol–water partition coefficient (Wildman–Crippen LogP) is 3.53. The molecule has 2 aliphatic carbocycles. The number of aromatic nitrogens is 4. The minimum absolute atomic E-state index is 0.0322. The van der Waals surface area contributed by atoms with Crippen LogP contribution in [-0.4, -0.2) is 42.7 Å². The topological polar surface area (TPSA) is 131 Å². The lowest BCUT2D eigenvalue weighted by molar-refractivity contribution is -0.122. The molecule has 0 spiro atoms. The van der Waals surface area contributed by atoms with Crippen molar-refractivity contribution in [2.24, 2.45) is 11.7 Å². The molecule has 2 heterocycles. The molecule has 1 amide bonds. The number of nitrogens with one attached hydrogen (secondary N) is 2. The Kier molecular flexibility index (Phi) is 6.22. The predicted molar refractivity (Wildman–Crippen MR) is 122 cm³/mol. The third-order valence-electron chi connectivity index (χ3n) is 6.88. The molecule has 35 heavy (non-hydrogen) atoms. The van der Waals surface area contributed by atoms with Crippen LogP contribution in [0.5, 0.6) is 0 Å². The van der Waals surface area contributed by atoms with Crippen molar-refractivity contribution in [2.45, 2.75) is 63.1 Å². The number of halogens is 3. The number of carbonyl (C=O) groups is 1. The van der Waals surface area contributed by atoms with E-state index in [0.29, 0.717) is 67.8 Å². The van der Waals surface area contributed by atoms with Crippen LogP contribution in [-0.2, 0) is 4.79 Å². The van der Waals surface area contributed by atoms with E-state index in [2.05, 4.69) is 25.6 Å². The molecule has 0 bridgehead atoms. The molecule has 3 aromatic rings. The van der Waals surface area contributed by atoms with Gasteiger partial charge in [-0.25, -0.2) is 23.1 Å². The summed E-state index contributed by atoms with van der Waals surface area (Å²) in [6, 6.07) is 1.05. The van der Waals surface area contributed by atoms with Gasteiger partial charge >= 0.3 is 0 Å². The Labute approximate surface area is 199 Å². The Hall–Kier alpha value is -3.41. The van der Waals surface area contributed by atoms with Crippen molar-refractivity contribution >= 4 is 34.7 Å². The molecular formula is C23H26F3N7O2. The zero-order valence-electron chi connectivity index (χ0n) is 18.8. The molecule has 0 saturated heterocycles. The number of fused-ring (bicyclic) bond motifs is 1. The minimum atomic E-state index is -1.09. The second kappa shape index (κ2) is 9.33. The average Bonchev–Trinajstić information content (AvgIpc) is 3.38. The first kappa shape index (κ1) is 23.3. The summed E-state index contributed by atoms with van der Waals surface area (Å²) >= 11 is 0. The fraction of sp³-hybridized carbons (Fsp3) is 0.478. The molecule has 0 unspecified atom stereocenters. The van der Waals surface area contributed by atoms with Gasteiger partial charge in [-0.2, -0.15) is 4.98 Å². The van der Waals surface area contributed by atoms with Gasteiger partial charge in [-0.1, -0.05) is 0 Å². The van der Waals surface area contributed by atoms with Gasteiger partial charge in [0.1, 0.15) is 17.0 Å². The number of aliphatic hydroxyl groups is 1. The van der Waals surface area contributed by atoms with Crippen LogP contribution in [0, 0.1) is 23.4 Å². The van der Waals surface area contributed by atoms with E-state index in [4.69, 9.17) is 5.73 Å². The van der Waals surface area contributed by atoms with Crippen molar-refractivity contribution in [3.63, 3.8) is 0 Å². The number of rotatable bonds is 6. The fourth-order valence-electron chi connectivity index (χ4n) is 5.06. The maximum Gasteiger partial charge on any atom is 0.224 e. The van der Waals surface area contributed by atoms with Crippen LogP contribution in [0.4, 0.5) is 30.8 Å². The highest BCUT2D eigenvalue weighted by Gasteiger charge is 2.30. The molecule has 1 aromatic carbocycles. The summed E-state index contributed by atoms with van der Waals surface area (Å²) in [5.41, 5.74) is 5.81. The molecular weight excluding hydrogens is 463 g/mol. The SMILES string of the molecule is NC(=O)C1CCC(n2c(Nc3c(F)cc(F)cc3F)nc3cnc(N[C@@H]4CC[C@@H](O)C4)nc32)CC1. The highest BCUT2D eigenvalue weighted by atomic mass is 19.1. The zero-order valence-corrected chi connectivity index (χ0v) is 18.8. The summed E-state index contributed by atoms with van der Waals surface area (Å²) < 4.78 is 44.0. The van der Waals surface area contributed by atoms with E-state index in [1.165, 1.54) is 6.20 Å². The van der Waals surface area contributed by atoms with E-state index >= 15 is 0 Å². The summed E-state index contributed by atoms with van der Waals surface area (Å²) in [4.78, 5) is 25.0. The number of imidazole rings is 1. The first-order valence-corrected chi connectivity index (χ1v) is 11.7. The maximum atomic E-state index is 14.4. The zero-order chi connectivity index (χ0) is 24.7. The van der Waals surface area contributed by atoms with Crippen molar-refractivity contribution < 1.29 is 23.1 Å². The molecule has 186 valence electrons. The first-order valence-electron chi connectivity index (χ1n) is 11.7. The van der Waals surface area contributed by atoms with Gasteiger partial charge in [0.2, 0.25) is 17.8 Å². The van der Waals surface area contributed by atoms with Crippen LogP contribution in [0.15, 0.2) is 18.3 Å². The number of amides is 1. The van der Waals surface area contributed by atoms with Gasteiger partial charge in [-0.15, -0.1) is 0 Å². The molecule has 0 radical (unpaired) electrons. The molecule has 2 aliphatic rings. The second-order valence-corrected chi connectivity index (χ2v) is 9.29. The highest BCUT2D eigenvalue weighted by Crippen LogP contribution is 2.37. The van der Waals surface area contributed by atoms with Crippen molar-refractivity contribution in [3.8, 4) is 0 Å². The number of carbonyl (C=O) groups excluding carboxylic acids is 1. The van der Waals surface area contributed by atoms with E-state index in [0.717, 1.165) is 6.42 Å². The number of hydrogen-bond donors (Lipinski definition) is 4. The van der Waals surface area contributed by atoms with Crippen LogP contribution in [0.2, 0.25) is 0 Å². The highest BCUT2D eigenvalue weighted by molar-refractivity contribution is 5.78. The van der Waals surface area contributed by atoms with Crippen molar-refractivity contribution in [1.29, 1.82) is 0 Å². The van der Waals surface area contributed by atoms with Crippen molar-refractivity contribution in [2.75, 3.05) is 10.6 Å². The number of aliphatic hydroxyl groups excluding tert-OH is 1. The Morgan fingerprint density at radius 1 is 1.06 bits per heavy atom. The monoisotopic (exact) mass is 489 g/mol. The quantitative estimate of drug-likeness (QED) is 0.417. The van der Waals surface area contributed by atoms with E-state index in [1.807, 2.05) is 0 Å². The first-order chi connectivity index (χ1) is 16.8. The van der Waals surface area contributed by atoms with Crippen LogP contribution in [0.3, 0.4) is 0 Å². The lowest BCUT2D eigenvalue weighted by Gasteiger charge is -2.29. The summed E-state index contributed by atoms with van der Waals surface area (Å²) in [6.45, 7) is 0. The Morgan fingerprint density at radius 3 is 2.40 bits per heavy atom. The Bertz CT molecular complexity index is 1240. The largest absolute Gasteiger partial charge is 0.393 e. The second-order valence-electron chi connectivity index (χ2n) is 9.29. The van der Waals surface area contributed by atoms with Crippen molar-refractivity contribution in [3.05, 3.63) is 35.8 Å². The van der Waals surface area contributed by atoms with Gasteiger partial charge in [0.25, 0.3) is 0 Å². The lowest BCUT2D eigenvalue weighted by Crippen LogP contribution is -2.29. The summed E-state index contributed by atoms with van der Waals surface area (Å²) in [5, 5.41) is 15.7. The number of nitrogens with two attached hydrogens (primary N) is 1. The molecule has 5 N–H and O–H groups in total. The summed E-state index contributed by atoms with van der Waals surface area (Å²) in [5.74, 6) is -3.30. The molecule has 5 rings (SSSR count). The number of nitrogens with zero attached hydrogens (tertiary/aromatic N) is 4. The van der Waals surface area contributed by atoms with Gasteiger partial charge < -0.3 is 21.5 Å². The smallest absolute Gasteiger partial charge is 0.224 e. The third kappa shape index (κ3) is 4.75. The number of primary amides is 1. The van der Waals surface area contributed by atoms with Crippen LogP contribution >= 0.6 is 0 Å². The number of benzene rings is 1.